The maximum absolute atomic E-state index is 10.6. The summed E-state index contributed by atoms with van der Waals surface area (Å²) in [6, 6.07) is 0. The van der Waals surface area contributed by atoms with Crippen molar-refractivity contribution in [1.82, 2.24) is 0 Å². The van der Waals surface area contributed by atoms with Crippen molar-refractivity contribution in [2.24, 2.45) is 11.8 Å². The third-order valence-electron chi connectivity index (χ3n) is 2.62. The topological polar surface area (TPSA) is 57.5 Å². The van der Waals surface area contributed by atoms with E-state index in [-0.39, 0.29) is 11.8 Å². The number of carboxylic acid groups (broad SMARTS) is 1. The van der Waals surface area contributed by atoms with E-state index >= 15 is 0 Å². The van der Waals surface area contributed by atoms with Gasteiger partial charge in [0.25, 0.3) is 0 Å². The van der Waals surface area contributed by atoms with E-state index in [1.165, 1.54) is 6.08 Å². The van der Waals surface area contributed by atoms with Crippen molar-refractivity contribution in [3.63, 3.8) is 0 Å². The molecular weight excluding hydrogens is 156 g/mol. The molecule has 12 heavy (non-hydrogen) atoms. The summed E-state index contributed by atoms with van der Waals surface area (Å²) in [5.74, 6) is -0.503. The highest BCUT2D eigenvalue weighted by Crippen LogP contribution is 2.29. The minimum absolute atomic E-state index is 0.160. The van der Waals surface area contributed by atoms with Crippen LogP contribution in [0.2, 0.25) is 0 Å². The molecule has 0 aromatic heterocycles. The van der Waals surface area contributed by atoms with Gasteiger partial charge in [0.1, 0.15) is 0 Å². The lowest BCUT2D eigenvalue weighted by Crippen LogP contribution is -2.28. The van der Waals surface area contributed by atoms with Gasteiger partial charge in [-0.1, -0.05) is 13.8 Å². The Kier molecular flexibility index (Phi) is 2.52. The van der Waals surface area contributed by atoms with Gasteiger partial charge in [0.15, 0.2) is 0 Å². The van der Waals surface area contributed by atoms with Crippen LogP contribution in [-0.2, 0) is 4.79 Å². The first kappa shape index (κ1) is 9.26. The Labute approximate surface area is 71.7 Å². The molecule has 0 radical (unpaired) electrons. The van der Waals surface area contributed by atoms with Gasteiger partial charge in [0, 0.05) is 5.57 Å². The van der Waals surface area contributed by atoms with Crippen LogP contribution in [0, 0.1) is 11.8 Å². The molecule has 0 amide bonds. The summed E-state index contributed by atoms with van der Waals surface area (Å²) >= 11 is 0. The van der Waals surface area contributed by atoms with Crippen LogP contribution >= 0.6 is 0 Å². The van der Waals surface area contributed by atoms with Crippen molar-refractivity contribution in [1.29, 1.82) is 0 Å². The molecule has 0 heterocycles. The predicted octanol–water partition coefficient (Wildman–Crippen LogP) is 1.03. The van der Waals surface area contributed by atoms with Crippen LogP contribution in [0.3, 0.4) is 0 Å². The monoisotopic (exact) mass is 170 g/mol. The van der Waals surface area contributed by atoms with E-state index in [2.05, 4.69) is 0 Å². The quantitative estimate of drug-likeness (QED) is 0.618. The van der Waals surface area contributed by atoms with Gasteiger partial charge in [-0.25, -0.2) is 4.79 Å². The largest absolute Gasteiger partial charge is 0.478 e. The fourth-order valence-electron chi connectivity index (χ4n) is 1.45. The number of hydrogen-bond donors (Lipinski definition) is 2. The summed E-state index contributed by atoms with van der Waals surface area (Å²) in [6.07, 6.45) is 1.42. The van der Waals surface area contributed by atoms with E-state index in [4.69, 9.17) is 5.11 Å². The van der Waals surface area contributed by atoms with Gasteiger partial charge in [-0.15, -0.1) is 0 Å². The molecule has 0 saturated carbocycles. The molecule has 68 valence electrons. The van der Waals surface area contributed by atoms with Crippen molar-refractivity contribution in [2.45, 2.75) is 26.4 Å². The second kappa shape index (κ2) is 3.27. The fourth-order valence-corrected chi connectivity index (χ4v) is 1.45. The SMILES string of the molecule is CC1CC(C(=O)O)=CC(O)C1C. The van der Waals surface area contributed by atoms with Crippen LogP contribution < -0.4 is 0 Å². The lowest BCUT2D eigenvalue weighted by Gasteiger charge is -2.28. The molecule has 1 rings (SSSR count). The van der Waals surface area contributed by atoms with Crippen molar-refractivity contribution >= 4 is 5.97 Å². The van der Waals surface area contributed by atoms with E-state index in [9.17, 15) is 9.90 Å². The number of carbonyl (C=O) groups is 1. The van der Waals surface area contributed by atoms with Gasteiger partial charge < -0.3 is 10.2 Å². The van der Waals surface area contributed by atoms with Gasteiger partial charge in [-0.2, -0.15) is 0 Å². The summed E-state index contributed by atoms with van der Waals surface area (Å²) in [4.78, 5) is 10.6. The van der Waals surface area contributed by atoms with Crippen LogP contribution in [0.4, 0.5) is 0 Å². The maximum atomic E-state index is 10.6. The Balaban J connectivity index is 2.81. The highest BCUT2D eigenvalue weighted by Gasteiger charge is 2.27. The number of rotatable bonds is 1. The van der Waals surface area contributed by atoms with Gasteiger partial charge >= 0.3 is 5.97 Å². The molecule has 3 heteroatoms. The fraction of sp³-hybridized carbons (Fsp3) is 0.667. The van der Waals surface area contributed by atoms with Gasteiger partial charge in [-0.3, -0.25) is 0 Å². The second-order valence-corrected chi connectivity index (χ2v) is 3.53. The van der Waals surface area contributed by atoms with Gasteiger partial charge in [0.05, 0.1) is 6.10 Å². The maximum Gasteiger partial charge on any atom is 0.331 e. The molecule has 0 aromatic carbocycles. The Hall–Kier alpha value is -0.830. The number of aliphatic hydroxyl groups is 1. The van der Waals surface area contributed by atoms with E-state index < -0.39 is 12.1 Å². The van der Waals surface area contributed by atoms with Crippen molar-refractivity contribution < 1.29 is 15.0 Å². The molecule has 1 aliphatic rings. The molecule has 3 nitrogen and oxygen atoms in total. The van der Waals surface area contributed by atoms with Crippen LogP contribution in [0.5, 0.6) is 0 Å². The Morgan fingerprint density at radius 1 is 1.58 bits per heavy atom. The molecule has 0 aliphatic heterocycles. The summed E-state index contributed by atoms with van der Waals surface area (Å²) in [7, 11) is 0. The zero-order valence-corrected chi connectivity index (χ0v) is 7.32. The normalized spacial score (nSPS) is 35.9. The summed E-state index contributed by atoms with van der Waals surface area (Å²) in [5, 5.41) is 18.1. The summed E-state index contributed by atoms with van der Waals surface area (Å²) in [6.45, 7) is 3.90. The minimum atomic E-state index is -0.909. The van der Waals surface area contributed by atoms with E-state index in [0.29, 0.717) is 12.0 Å². The average molecular weight is 170 g/mol. The highest BCUT2D eigenvalue weighted by atomic mass is 16.4. The molecular formula is C9H14O3. The van der Waals surface area contributed by atoms with Crippen molar-refractivity contribution in [2.75, 3.05) is 0 Å². The summed E-state index contributed by atoms with van der Waals surface area (Å²) in [5.41, 5.74) is 0.341. The van der Waals surface area contributed by atoms with E-state index in [0.717, 1.165) is 0 Å². The lowest BCUT2D eigenvalue weighted by atomic mass is 9.80. The molecule has 1 aliphatic carbocycles. The average Bonchev–Trinajstić information content (AvgIpc) is 1.99. The van der Waals surface area contributed by atoms with Gasteiger partial charge in [-0.05, 0) is 24.3 Å². The minimum Gasteiger partial charge on any atom is -0.478 e. The van der Waals surface area contributed by atoms with Crippen LogP contribution in [0.15, 0.2) is 11.6 Å². The molecule has 0 spiro atoms. The Bertz CT molecular complexity index is 220. The number of aliphatic carboxylic acids is 1. The molecule has 0 aromatic rings. The third-order valence-corrected chi connectivity index (χ3v) is 2.62. The van der Waals surface area contributed by atoms with Crippen molar-refractivity contribution in [3.05, 3.63) is 11.6 Å². The molecule has 2 N–H and O–H groups in total. The van der Waals surface area contributed by atoms with E-state index in [1.807, 2.05) is 13.8 Å². The molecule has 0 saturated heterocycles. The first-order valence-corrected chi connectivity index (χ1v) is 4.14. The Morgan fingerprint density at radius 3 is 2.58 bits per heavy atom. The zero-order valence-electron chi connectivity index (χ0n) is 7.32. The molecule has 0 bridgehead atoms. The Morgan fingerprint density at radius 2 is 2.17 bits per heavy atom. The second-order valence-electron chi connectivity index (χ2n) is 3.53. The van der Waals surface area contributed by atoms with Crippen LogP contribution in [0.1, 0.15) is 20.3 Å². The standard InChI is InChI=1S/C9H14O3/c1-5-3-7(9(11)12)4-8(10)6(5)2/h4-6,8,10H,3H2,1-2H3,(H,11,12). The zero-order chi connectivity index (χ0) is 9.30. The number of aliphatic hydroxyl groups excluding tert-OH is 1. The first-order chi connectivity index (χ1) is 5.52. The molecule has 0 fully saturated rings. The third kappa shape index (κ3) is 1.67. The van der Waals surface area contributed by atoms with Crippen molar-refractivity contribution in [3.8, 4) is 0 Å². The van der Waals surface area contributed by atoms with E-state index in [1.54, 1.807) is 0 Å². The van der Waals surface area contributed by atoms with Crippen LogP contribution in [0.25, 0.3) is 0 Å². The van der Waals surface area contributed by atoms with Gasteiger partial charge in [0.2, 0.25) is 0 Å². The predicted molar refractivity (Wildman–Crippen MR) is 44.7 cm³/mol. The molecule has 3 atom stereocenters. The summed E-state index contributed by atoms with van der Waals surface area (Å²) < 4.78 is 0. The number of hydrogen-bond acceptors (Lipinski definition) is 2. The smallest absolute Gasteiger partial charge is 0.331 e. The molecule has 3 unspecified atom stereocenters. The first-order valence-electron chi connectivity index (χ1n) is 4.14. The highest BCUT2D eigenvalue weighted by molar-refractivity contribution is 5.86. The number of carboxylic acids is 1. The lowest BCUT2D eigenvalue weighted by molar-refractivity contribution is -0.133. The van der Waals surface area contributed by atoms with Crippen LogP contribution in [-0.4, -0.2) is 22.3 Å².